The Kier molecular flexibility index (Phi) is 6.19. The van der Waals surface area contributed by atoms with Crippen molar-refractivity contribution in [2.45, 2.75) is 31.2 Å². The molecule has 8 heteroatoms. The first-order valence-electron chi connectivity index (χ1n) is 10.5. The molecule has 1 saturated heterocycles. The fourth-order valence-corrected chi connectivity index (χ4v) is 5.13. The average Bonchev–Trinajstić information content (AvgIpc) is 3.14. The largest absolute Gasteiger partial charge is 0.373 e. The summed E-state index contributed by atoms with van der Waals surface area (Å²) in [5.41, 5.74) is 1.84. The van der Waals surface area contributed by atoms with Crippen molar-refractivity contribution in [2.75, 3.05) is 30.4 Å². The van der Waals surface area contributed by atoms with Gasteiger partial charge in [0.1, 0.15) is 5.82 Å². The van der Waals surface area contributed by atoms with Crippen molar-refractivity contribution < 1.29 is 14.0 Å². The van der Waals surface area contributed by atoms with Crippen LogP contribution in [0, 0.1) is 5.82 Å². The molecule has 2 aliphatic rings. The van der Waals surface area contributed by atoms with Crippen molar-refractivity contribution in [3.8, 4) is 0 Å². The summed E-state index contributed by atoms with van der Waals surface area (Å²) >= 11 is 12.7. The number of rotatable bonds is 4. The van der Waals surface area contributed by atoms with E-state index >= 15 is 4.39 Å². The topological polar surface area (TPSA) is 52.7 Å². The van der Waals surface area contributed by atoms with Crippen LogP contribution in [-0.2, 0) is 21.5 Å². The summed E-state index contributed by atoms with van der Waals surface area (Å²) in [5.74, 6) is -0.676. The Morgan fingerprint density at radius 3 is 2.78 bits per heavy atom. The fraction of sp³-hybridized carbons (Fsp3) is 0.333. The van der Waals surface area contributed by atoms with Gasteiger partial charge in [0.25, 0.3) is 0 Å². The smallest absolute Gasteiger partial charge is 0.246 e. The molecule has 4 rings (SSSR count). The highest BCUT2D eigenvalue weighted by Crippen LogP contribution is 2.43. The van der Waals surface area contributed by atoms with E-state index in [-0.39, 0.29) is 34.0 Å². The van der Waals surface area contributed by atoms with E-state index in [1.54, 1.807) is 16.8 Å². The molecule has 2 heterocycles. The van der Waals surface area contributed by atoms with Gasteiger partial charge in [-0.15, -0.1) is 0 Å². The Bertz CT molecular complexity index is 1110. The van der Waals surface area contributed by atoms with Gasteiger partial charge in [0.15, 0.2) is 0 Å². The number of hydrogen-bond acceptors (Lipinski definition) is 3. The summed E-state index contributed by atoms with van der Waals surface area (Å²) < 4.78 is 15.1. The molecule has 2 aliphatic heterocycles. The van der Waals surface area contributed by atoms with Gasteiger partial charge in [-0.2, -0.15) is 0 Å². The maximum atomic E-state index is 15.1. The number of aryl methyl sites for hydroxylation is 1. The Morgan fingerprint density at radius 2 is 2.03 bits per heavy atom. The molecule has 0 aromatic heterocycles. The summed E-state index contributed by atoms with van der Waals surface area (Å²) in [6.45, 7) is 4.16. The van der Waals surface area contributed by atoms with Crippen LogP contribution in [-0.4, -0.2) is 36.9 Å². The summed E-state index contributed by atoms with van der Waals surface area (Å²) in [6, 6.07) is 8.50. The molecule has 0 radical (unpaired) electrons. The summed E-state index contributed by atoms with van der Waals surface area (Å²) in [6.07, 6.45) is 3.78. The minimum Gasteiger partial charge on any atom is -0.373 e. The third-order valence-electron chi connectivity index (χ3n) is 6.32. The van der Waals surface area contributed by atoms with Crippen molar-refractivity contribution in [1.29, 1.82) is 0 Å². The molecule has 168 valence electrons. The molecule has 0 aliphatic carbocycles. The molecule has 0 saturated carbocycles. The Labute approximate surface area is 196 Å². The lowest BCUT2D eigenvalue weighted by Crippen LogP contribution is -2.41. The number of halogens is 3. The van der Waals surface area contributed by atoms with Crippen molar-refractivity contribution in [3.63, 3.8) is 0 Å². The van der Waals surface area contributed by atoms with E-state index in [1.807, 2.05) is 18.2 Å². The number of likely N-dealkylation sites (tertiary alicyclic amines) is 1. The highest BCUT2D eigenvalue weighted by atomic mass is 35.5. The Hall–Kier alpha value is -2.57. The molecule has 0 bridgehead atoms. The maximum absolute atomic E-state index is 15.1. The molecule has 1 fully saturated rings. The van der Waals surface area contributed by atoms with Crippen LogP contribution in [0.3, 0.4) is 0 Å². The van der Waals surface area contributed by atoms with Crippen LogP contribution in [0.1, 0.15) is 30.4 Å². The van der Waals surface area contributed by atoms with Crippen molar-refractivity contribution in [1.82, 2.24) is 4.90 Å². The van der Waals surface area contributed by atoms with Crippen LogP contribution in [0.4, 0.5) is 15.8 Å². The van der Waals surface area contributed by atoms with Crippen LogP contribution in [0.2, 0.25) is 10.0 Å². The molecule has 0 spiro atoms. The lowest BCUT2D eigenvalue weighted by atomic mass is 9.87. The number of carbonyl (C=O) groups is 2. The number of benzene rings is 2. The normalized spacial score (nSPS) is 20.7. The van der Waals surface area contributed by atoms with Gasteiger partial charge in [0.05, 0.1) is 15.6 Å². The zero-order valence-corrected chi connectivity index (χ0v) is 19.3. The van der Waals surface area contributed by atoms with Gasteiger partial charge in [-0.1, -0.05) is 35.8 Å². The van der Waals surface area contributed by atoms with E-state index < -0.39 is 11.4 Å². The second-order valence-electron chi connectivity index (χ2n) is 8.29. The Morgan fingerprint density at radius 1 is 1.25 bits per heavy atom. The third kappa shape index (κ3) is 3.97. The standard InChI is InChI=1S/C24H24Cl2FN3O2/c1-3-20(31)30-12-11-24(14-30,22-18(27)10-9-17(25)23(22)26)28-16-8-7-15-5-4-6-21(32)29(2)19(15)13-16/h3,7-10,13,28H,1,4-6,11-12,14H2,2H3/t24-/m0/s1. The van der Waals surface area contributed by atoms with Gasteiger partial charge in [-0.3, -0.25) is 9.59 Å². The zero-order chi connectivity index (χ0) is 23.0. The van der Waals surface area contributed by atoms with E-state index in [2.05, 4.69) is 11.9 Å². The van der Waals surface area contributed by atoms with Crippen molar-refractivity contribution >= 4 is 46.4 Å². The monoisotopic (exact) mass is 475 g/mol. The highest BCUT2D eigenvalue weighted by molar-refractivity contribution is 6.42. The molecule has 1 atom stereocenters. The van der Waals surface area contributed by atoms with Crippen molar-refractivity contribution in [2.24, 2.45) is 0 Å². The van der Waals surface area contributed by atoms with Crippen LogP contribution in [0.25, 0.3) is 0 Å². The van der Waals surface area contributed by atoms with E-state index in [0.717, 1.165) is 24.1 Å². The van der Waals surface area contributed by atoms with Crippen LogP contribution in [0.15, 0.2) is 43.0 Å². The third-order valence-corrected chi connectivity index (χ3v) is 7.12. The second-order valence-corrected chi connectivity index (χ2v) is 9.07. The molecule has 5 nitrogen and oxygen atoms in total. The predicted molar refractivity (Wildman–Crippen MR) is 126 cm³/mol. The van der Waals surface area contributed by atoms with E-state index in [9.17, 15) is 9.59 Å². The van der Waals surface area contributed by atoms with Crippen LogP contribution in [0.5, 0.6) is 0 Å². The Balaban J connectivity index is 1.79. The lowest BCUT2D eigenvalue weighted by molar-refractivity contribution is -0.125. The fourth-order valence-electron chi connectivity index (χ4n) is 4.63. The number of fused-ring (bicyclic) bond motifs is 1. The van der Waals surface area contributed by atoms with Crippen LogP contribution < -0.4 is 10.2 Å². The van der Waals surface area contributed by atoms with E-state index in [4.69, 9.17) is 23.2 Å². The summed E-state index contributed by atoms with van der Waals surface area (Å²) in [7, 11) is 1.76. The lowest BCUT2D eigenvalue weighted by Gasteiger charge is -2.34. The summed E-state index contributed by atoms with van der Waals surface area (Å²) in [5, 5.41) is 3.81. The first kappa shape index (κ1) is 22.6. The van der Waals surface area contributed by atoms with E-state index in [0.29, 0.717) is 25.1 Å². The van der Waals surface area contributed by atoms with E-state index in [1.165, 1.54) is 18.2 Å². The first-order chi connectivity index (χ1) is 15.3. The quantitative estimate of drug-likeness (QED) is 0.490. The van der Waals surface area contributed by atoms with Gasteiger partial charge in [-0.05, 0) is 55.2 Å². The molecular weight excluding hydrogens is 452 g/mol. The molecule has 1 N–H and O–H groups in total. The molecule has 32 heavy (non-hydrogen) atoms. The minimum atomic E-state index is -0.994. The first-order valence-corrected chi connectivity index (χ1v) is 11.2. The van der Waals surface area contributed by atoms with Crippen LogP contribution >= 0.6 is 23.2 Å². The number of nitrogens with one attached hydrogen (secondary N) is 1. The minimum absolute atomic E-state index is 0.0585. The predicted octanol–water partition coefficient (Wildman–Crippen LogP) is 5.16. The highest BCUT2D eigenvalue weighted by Gasteiger charge is 2.44. The number of carbonyl (C=O) groups excluding carboxylic acids is 2. The van der Waals surface area contributed by atoms with Crippen molar-refractivity contribution in [3.05, 3.63) is 70.0 Å². The number of hydrogen-bond donors (Lipinski definition) is 1. The SMILES string of the molecule is C=CC(=O)N1CC[C@@](Nc2ccc3c(c2)N(C)C(=O)CCC3)(c2c(F)ccc(Cl)c2Cl)C1. The zero-order valence-electron chi connectivity index (χ0n) is 17.8. The maximum Gasteiger partial charge on any atom is 0.246 e. The van der Waals surface area contributed by atoms with Gasteiger partial charge in [0, 0.05) is 43.5 Å². The van der Waals surface area contributed by atoms with Gasteiger partial charge < -0.3 is 15.1 Å². The molecular formula is C24H24Cl2FN3O2. The molecule has 2 aromatic rings. The number of nitrogens with zero attached hydrogens (tertiary/aromatic N) is 2. The molecule has 2 amide bonds. The second kappa shape index (κ2) is 8.75. The molecule has 2 aromatic carbocycles. The van der Waals surface area contributed by atoms with Gasteiger partial charge in [0.2, 0.25) is 11.8 Å². The number of anilines is 2. The average molecular weight is 476 g/mol. The van der Waals surface area contributed by atoms with Gasteiger partial charge in [-0.25, -0.2) is 4.39 Å². The molecule has 0 unspecified atom stereocenters. The summed E-state index contributed by atoms with van der Waals surface area (Å²) in [4.78, 5) is 27.9. The number of amides is 2. The van der Waals surface area contributed by atoms with Gasteiger partial charge >= 0.3 is 0 Å².